The molecule has 1 amide bonds. The van der Waals surface area contributed by atoms with Crippen molar-refractivity contribution in [2.24, 2.45) is 5.41 Å². The summed E-state index contributed by atoms with van der Waals surface area (Å²) in [5, 5.41) is 4.04. The van der Waals surface area contributed by atoms with Gasteiger partial charge in [0.25, 0.3) is 5.91 Å². The molecule has 0 aromatic heterocycles. The third-order valence-electron chi connectivity index (χ3n) is 2.89. The molecule has 1 aromatic carbocycles. The van der Waals surface area contributed by atoms with Gasteiger partial charge < -0.3 is 5.32 Å². The van der Waals surface area contributed by atoms with Crippen LogP contribution >= 0.6 is 54.5 Å². The second-order valence-corrected chi connectivity index (χ2v) is 8.16. The Morgan fingerprint density at radius 1 is 1.42 bits per heavy atom. The molecular weight excluding hydrogens is 485 g/mol. The van der Waals surface area contributed by atoms with E-state index in [2.05, 4.69) is 73.6 Å². The van der Waals surface area contributed by atoms with E-state index in [1.165, 1.54) is 0 Å². The smallest absolute Gasteiger partial charge is 0.252 e. The van der Waals surface area contributed by atoms with Crippen molar-refractivity contribution in [1.82, 2.24) is 5.32 Å². The Kier molecular flexibility index (Phi) is 7.32. The SMILES string of the molecule is CC(C)(CCCBr)CNC(=O)c1cc(I)ccc1Br. The predicted octanol–water partition coefficient (Wildman–Crippen LogP) is 4.98. The zero-order chi connectivity index (χ0) is 14.5. The van der Waals surface area contributed by atoms with Crippen LogP contribution in [0.2, 0.25) is 0 Å². The quantitative estimate of drug-likeness (QED) is 0.431. The van der Waals surface area contributed by atoms with Crippen LogP contribution in [0, 0.1) is 8.99 Å². The topological polar surface area (TPSA) is 29.1 Å². The van der Waals surface area contributed by atoms with Crippen molar-refractivity contribution in [2.45, 2.75) is 26.7 Å². The van der Waals surface area contributed by atoms with Gasteiger partial charge in [0.1, 0.15) is 0 Å². The molecule has 2 nitrogen and oxygen atoms in total. The number of benzene rings is 1. The Hall–Kier alpha value is 0.380. The van der Waals surface area contributed by atoms with Gasteiger partial charge in [-0.3, -0.25) is 4.79 Å². The van der Waals surface area contributed by atoms with Gasteiger partial charge in [0.15, 0.2) is 0 Å². The van der Waals surface area contributed by atoms with Gasteiger partial charge in [0.2, 0.25) is 0 Å². The molecule has 0 aliphatic heterocycles. The molecule has 0 fully saturated rings. The Morgan fingerprint density at radius 2 is 2.11 bits per heavy atom. The van der Waals surface area contributed by atoms with Crippen molar-refractivity contribution in [2.75, 3.05) is 11.9 Å². The van der Waals surface area contributed by atoms with Gasteiger partial charge >= 0.3 is 0 Å². The first kappa shape index (κ1) is 17.4. The lowest BCUT2D eigenvalue weighted by molar-refractivity contribution is 0.0933. The van der Waals surface area contributed by atoms with Crippen molar-refractivity contribution < 1.29 is 4.79 Å². The molecular formula is C14H18Br2INO. The molecule has 0 aliphatic rings. The maximum absolute atomic E-state index is 12.2. The van der Waals surface area contributed by atoms with E-state index in [9.17, 15) is 4.79 Å². The summed E-state index contributed by atoms with van der Waals surface area (Å²) in [7, 11) is 0. The summed E-state index contributed by atoms with van der Waals surface area (Å²) in [5.41, 5.74) is 0.820. The molecule has 5 heteroatoms. The molecule has 0 aliphatic carbocycles. The lowest BCUT2D eigenvalue weighted by atomic mass is 9.88. The lowest BCUT2D eigenvalue weighted by Crippen LogP contribution is -2.34. The number of carbonyl (C=O) groups is 1. The highest BCUT2D eigenvalue weighted by molar-refractivity contribution is 14.1. The van der Waals surface area contributed by atoms with E-state index in [1.807, 2.05) is 18.2 Å². The highest BCUT2D eigenvalue weighted by Crippen LogP contribution is 2.23. The minimum absolute atomic E-state index is 0.0164. The molecule has 0 radical (unpaired) electrons. The minimum atomic E-state index is -0.0164. The predicted molar refractivity (Wildman–Crippen MR) is 96.0 cm³/mol. The maximum Gasteiger partial charge on any atom is 0.252 e. The van der Waals surface area contributed by atoms with Gasteiger partial charge in [-0.25, -0.2) is 0 Å². The Balaban J connectivity index is 2.62. The molecule has 0 saturated carbocycles. The molecule has 19 heavy (non-hydrogen) atoms. The van der Waals surface area contributed by atoms with E-state index < -0.39 is 0 Å². The fourth-order valence-electron chi connectivity index (χ4n) is 1.72. The third kappa shape index (κ3) is 6.12. The number of alkyl halides is 1. The Bertz CT molecular complexity index is 449. The number of hydrogen-bond acceptors (Lipinski definition) is 1. The molecule has 1 rings (SSSR count). The molecule has 106 valence electrons. The van der Waals surface area contributed by atoms with Crippen molar-refractivity contribution >= 4 is 60.4 Å². The zero-order valence-electron chi connectivity index (χ0n) is 11.1. The van der Waals surface area contributed by atoms with Crippen LogP contribution in [0.4, 0.5) is 0 Å². The zero-order valence-corrected chi connectivity index (χ0v) is 16.4. The molecule has 1 N–H and O–H groups in total. The first-order valence-corrected chi connectivity index (χ1v) is 9.14. The molecule has 0 bridgehead atoms. The fraction of sp³-hybridized carbons (Fsp3) is 0.500. The maximum atomic E-state index is 12.2. The molecule has 0 spiro atoms. The van der Waals surface area contributed by atoms with Gasteiger partial charge in [-0.05, 0) is 75.0 Å². The minimum Gasteiger partial charge on any atom is -0.351 e. The second-order valence-electron chi connectivity index (χ2n) is 5.26. The Labute approximate surface area is 145 Å². The molecule has 0 heterocycles. The number of halogens is 3. The number of hydrogen-bond donors (Lipinski definition) is 1. The van der Waals surface area contributed by atoms with Crippen molar-refractivity contribution in [3.8, 4) is 0 Å². The fourth-order valence-corrected chi connectivity index (χ4v) is 2.92. The summed E-state index contributed by atoms with van der Waals surface area (Å²) in [4.78, 5) is 12.2. The third-order valence-corrected chi connectivity index (χ3v) is 4.81. The highest BCUT2D eigenvalue weighted by Gasteiger charge is 2.19. The van der Waals surface area contributed by atoms with Crippen molar-refractivity contribution in [3.05, 3.63) is 31.8 Å². The van der Waals surface area contributed by atoms with Gasteiger partial charge in [-0.2, -0.15) is 0 Å². The van der Waals surface area contributed by atoms with E-state index in [0.29, 0.717) is 12.1 Å². The van der Waals surface area contributed by atoms with Gasteiger partial charge in [-0.15, -0.1) is 0 Å². The van der Waals surface area contributed by atoms with Crippen LogP contribution in [0.1, 0.15) is 37.0 Å². The summed E-state index contributed by atoms with van der Waals surface area (Å²) in [6.07, 6.45) is 2.21. The molecule has 0 unspecified atom stereocenters. The van der Waals surface area contributed by atoms with Crippen LogP contribution in [0.15, 0.2) is 22.7 Å². The first-order valence-electron chi connectivity index (χ1n) is 6.15. The largest absolute Gasteiger partial charge is 0.351 e. The number of amides is 1. The summed E-state index contributed by atoms with van der Waals surface area (Å²) < 4.78 is 1.90. The average molecular weight is 503 g/mol. The van der Waals surface area contributed by atoms with E-state index in [0.717, 1.165) is 26.2 Å². The van der Waals surface area contributed by atoms with Crippen molar-refractivity contribution in [1.29, 1.82) is 0 Å². The van der Waals surface area contributed by atoms with E-state index in [-0.39, 0.29) is 11.3 Å². The normalized spacial score (nSPS) is 11.4. The standard InChI is InChI=1S/C14H18Br2INO/c1-14(2,6-3-7-15)9-18-13(19)11-8-10(17)4-5-12(11)16/h4-5,8H,3,6-7,9H2,1-2H3,(H,18,19). The monoisotopic (exact) mass is 501 g/mol. The molecule has 0 saturated heterocycles. The van der Waals surface area contributed by atoms with Gasteiger partial charge in [-0.1, -0.05) is 29.8 Å². The van der Waals surface area contributed by atoms with Crippen LogP contribution in [-0.2, 0) is 0 Å². The second kappa shape index (κ2) is 7.98. The average Bonchev–Trinajstić information content (AvgIpc) is 2.36. The first-order chi connectivity index (χ1) is 8.85. The van der Waals surface area contributed by atoms with Crippen LogP contribution in [0.5, 0.6) is 0 Å². The number of rotatable bonds is 6. The summed E-state index contributed by atoms with van der Waals surface area (Å²) in [6, 6.07) is 5.78. The van der Waals surface area contributed by atoms with Crippen LogP contribution in [0.25, 0.3) is 0 Å². The highest BCUT2D eigenvalue weighted by atomic mass is 127. The van der Waals surface area contributed by atoms with Crippen LogP contribution in [0.3, 0.4) is 0 Å². The summed E-state index contributed by atoms with van der Waals surface area (Å²) in [6.45, 7) is 5.05. The van der Waals surface area contributed by atoms with Gasteiger partial charge in [0.05, 0.1) is 5.56 Å². The molecule has 1 aromatic rings. The lowest BCUT2D eigenvalue weighted by Gasteiger charge is -2.24. The summed E-state index contributed by atoms with van der Waals surface area (Å²) >= 11 is 9.08. The molecule has 0 atom stereocenters. The van der Waals surface area contributed by atoms with Crippen LogP contribution < -0.4 is 5.32 Å². The Morgan fingerprint density at radius 3 is 2.74 bits per heavy atom. The van der Waals surface area contributed by atoms with E-state index >= 15 is 0 Å². The van der Waals surface area contributed by atoms with Gasteiger partial charge in [0, 0.05) is 19.9 Å². The summed E-state index contributed by atoms with van der Waals surface area (Å²) in [5.74, 6) is -0.0164. The van der Waals surface area contributed by atoms with E-state index in [1.54, 1.807) is 0 Å². The van der Waals surface area contributed by atoms with Crippen molar-refractivity contribution in [3.63, 3.8) is 0 Å². The van der Waals surface area contributed by atoms with E-state index in [4.69, 9.17) is 0 Å². The van der Waals surface area contributed by atoms with Crippen LogP contribution in [-0.4, -0.2) is 17.8 Å². The number of carbonyl (C=O) groups excluding carboxylic acids is 1. The number of nitrogens with one attached hydrogen (secondary N) is 1.